The highest BCUT2D eigenvalue weighted by Crippen LogP contribution is 2.38. The molecule has 1 heterocycles. The van der Waals surface area contributed by atoms with Gasteiger partial charge in [0, 0.05) is 25.7 Å². The van der Waals surface area contributed by atoms with Crippen LogP contribution in [0.4, 0.5) is 5.69 Å². The first-order valence-corrected chi connectivity index (χ1v) is 5.99. The van der Waals surface area contributed by atoms with Gasteiger partial charge in [0.05, 0.1) is 10.7 Å². The third-order valence-corrected chi connectivity index (χ3v) is 3.50. The summed E-state index contributed by atoms with van der Waals surface area (Å²) in [5.74, 6) is 0. The average molecular weight is 223 g/mol. The molecule has 0 aromatic heterocycles. The van der Waals surface area contributed by atoms with Crippen LogP contribution in [0.1, 0.15) is 18.4 Å². The fourth-order valence-corrected chi connectivity index (χ4v) is 2.61. The maximum Gasteiger partial charge on any atom is 0.0643 e. The Morgan fingerprint density at radius 1 is 1.33 bits per heavy atom. The predicted molar refractivity (Wildman–Crippen MR) is 63.5 cm³/mol. The summed E-state index contributed by atoms with van der Waals surface area (Å²) in [6, 6.07) is 6.96. The monoisotopic (exact) mass is 222 g/mol. The van der Waals surface area contributed by atoms with Gasteiger partial charge in [-0.1, -0.05) is 23.7 Å². The third kappa shape index (κ3) is 1.72. The van der Waals surface area contributed by atoms with Gasteiger partial charge in [-0.25, -0.2) is 0 Å². The van der Waals surface area contributed by atoms with Crippen molar-refractivity contribution in [2.75, 3.05) is 18.0 Å². The summed E-state index contributed by atoms with van der Waals surface area (Å²) >= 11 is 6.31. The molecule has 0 radical (unpaired) electrons. The molecular weight excluding hydrogens is 208 g/mol. The number of hydrogen-bond acceptors (Lipinski definition) is 2. The van der Waals surface area contributed by atoms with Crippen molar-refractivity contribution in [3.63, 3.8) is 0 Å². The van der Waals surface area contributed by atoms with Crippen molar-refractivity contribution in [3.05, 3.63) is 28.8 Å². The minimum Gasteiger partial charge on any atom is -0.366 e. The molecule has 3 heteroatoms. The van der Waals surface area contributed by atoms with Crippen LogP contribution in [0.3, 0.4) is 0 Å². The number of nitrogens with one attached hydrogen (secondary N) is 1. The van der Waals surface area contributed by atoms with Crippen LogP contribution in [0, 0.1) is 0 Å². The molecule has 0 atom stereocenters. The molecule has 1 aromatic rings. The predicted octanol–water partition coefficient (Wildman–Crippen LogP) is 2.41. The van der Waals surface area contributed by atoms with E-state index in [4.69, 9.17) is 11.6 Å². The fraction of sp³-hybridized carbons (Fsp3) is 0.500. The molecule has 1 fully saturated rings. The van der Waals surface area contributed by atoms with Gasteiger partial charge < -0.3 is 10.2 Å². The molecule has 2 aliphatic rings. The Kier molecular flexibility index (Phi) is 2.33. The Balaban J connectivity index is 2.05. The van der Waals surface area contributed by atoms with Crippen molar-refractivity contribution in [1.82, 2.24) is 5.32 Å². The first-order valence-electron chi connectivity index (χ1n) is 5.61. The second-order valence-corrected chi connectivity index (χ2v) is 4.76. The molecule has 1 saturated carbocycles. The van der Waals surface area contributed by atoms with E-state index in [9.17, 15) is 0 Å². The zero-order valence-corrected chi connectivity index (χ0v) is 9.43. The number of halogens is 1. The molecule has 1 aliphatic heterocycles. The van der Waals surface area contributed by atoms with Gasteiger partial charge in [0.25, 0.3) is 0 Å². The summed E-state index contributed by atoms with van der Waals surface area (Å²) in [6.07, 6.45) is 2.65. The number of rotatable bonds is 1. The second kappa shape index (κ2) is 3.69. The molecular formula is C12H15ClN2. The zero-order chi connectivity index (χ0) is 10.3. The van der Waals surface area contributed by atoms with Crippen molar-refractivity contribution in [3.8, 4) is 0 Å². The van der Waals surface area contributed by atoms with Gasteiger partial charge in [0.15, 0.2) is 0 Å². The largest absolute Gasteiger partial charge is 0.366 e. The van der Waals surface area contributed by atoms with Crippen LogP contribution >= 0.6 is 11.6 Å². The lowest BCUT2D eigenvalue weighted by molar-refractivity contribution is 0.687. The molecule has 0 bridgehead atoms. The minimum absolute atomic E-state index is 0.739. The number of benzene rings is 1. The first-order chi connectivity index (χ1) is 7.36. The van der Waals surface area contributed by atoms with Gasteiger partial charge in [0.2, 0.25) is 0 Å². The van der Waals surface area contributed by atoms with Crippen molar-refractivity contribution in [2.45, 2.75) is 25.4 Å². The molecule has 0 unspecified atom stereocenters. The third-order valence-electron chi connectivity index (χ3n) is 3.19. The SMILES string of the molecule is Clc1cccc2c1N(C1CC1)CCNC2. The van der Waals surface area contributed by atoms with Crippen LogP contribution in [0.2, 0.25) is 5.02 Å². The summed E-state index contributed by atoms with van der Waals surface area (Å²) < 4.78 is 0. The summed E-state index contributed by atoms with van der Waals surface area (Å²) in [5, 5.41) is 4.35. The number of fused-ring (bicyclic) bond motifs is 1. The van der Waals surface area contributed by atoms with Gasteiger partial charge >= 0.3 is 0 Å². The van der Waals surface area contributed by atoms with E-state index in [1.54, 1.807) is 0 Å². The topological polar surface area (TPSA) is 15.3 Å². The van der Waals surface area contributed by atoms with Crippen LogP contribution in [-0.4, -0.2) is 19.1 Å². The second-order valence-electron chi connectivity index (χ2n) is 4.35. The molecule has 80 valence electrons. The number of hydrogen-bond donors (Lipinski definition) is 1. The highest BCUT2D eigenvalue weighted by atomic mass is 35.5. The standard InChI is InChI=1S/C12H15ClN2/c13-11-3-1-2-9-8-14-6-7-15(12(9)11)10-4-5-10/h1-3,10,14H,4-8H2. The molecule has 3 rings (SSSR count). The summed E-state index contributed by atoms with van der Waals surface area (Å²) in [4.78, 5) is 2.48. The zero-order valence-electron chi connectivity index (χ0n) is 8.67. The van der Waals surface area contributed by atoms with E-state index in [0.29, 0.717) is 0 Å². The van der Waals surface area contributed by atoms with E-state index < -0.39 is 0 Å². The van der Waals surface area contributed by atoms with Crippen LogP contribution in [-0.2, 0) is 6.54 Å². The highest BCUT2D eigenvalue weighted by Gasteiger charge is 2.32. The molecule has 0 spiro atoms. The van der Waals surface area contributed by atoms with Crippen molar-refractivity contribution in [1.29, 1.82) is 0 Å². The number of para-hydroxylation sites is 1. The van der Waals surface area contributed by atoms with E-state index in [0.717, 1.165) is 30.7 Å². The quantitative estimate of drug-likeness (QED) is 0.785. The maximum atomic E-state index is 6.31. The number of anilines is 1. The van der Waals surface area contributed by atoms with E-state index in [1.807, 2.05) is 12.1 Å². The number of nitrogens with zero attached hydrogens (tertiary/aromatic N) is 1. The van der Waals surface area contributed by atoms with Crippen LogP contribution in [0.25, 0.3) is 0 Å². The Hall–Kier alpha value is -0.730. The Labute approximate surface area is 95.2 Å². The van der Waals surface area contributed by atoms with Crippen molar-refractivity contribution < 1.29 is 0 Å². The van der Waals surface area contributed by atoms with Gasteiger partial charge in [-0.3, -0.25) is 0 Å². The summed E-state index contributed by atoms with van der Waals surface area (Å²) in [7, 11) is 0. The Morgan fingerprint density at radius 3 is 3.00 bits per heavy atom. The van der Waals surface area contributed by atoms with Crippen LogP contribution in [0.5, 0.6) is 0 Å². The Morgan fingerprint density at radius 2 is 2.20 bits per heavy atom. The molecule has 1 aliphatic carbocycles. The normalized spacial score (nSPS) is 21.0. The van der Waals surface area contributed by atoms with Gasteiger partial charge in [-0.2, -0.15) is 0 Å². The highest BCUT2D eigenvalue weighted by molar-refractivity contribution is 6.33. The molecule has 15 heavy (non-hydrogen) atoms. The molecule has 1 N–H and O–H groups in total. The lowest BCUT2D eigenvalue weighted by Crippen LogP contribution is -2.30. The fourth-order valence-electron chi connectivity index (χ4n) is 2.31. The van der Waals surface area contributed by atoms with E-state index >= 15 is 0 Å². The lowest BCUT2D eigenvalue weighted by atomic mass is 10.1. The Bertz CT molecular complexity index is 374. The van der Waals surface area contributed by atoms with E-state index in [1.165, 1.54) is 24.1 Å². The molecule has 1 aromatic carbocycles. The van der Waals surface area contributed by atoms with Crippen molar-refractivity contribution >= 4 is 17.3 Å². The molecule has 2 nitrogen and oxygen atoms in total. The van der Waals surface area contributed by atoms with Crippen LogP contribution in [0.15, 0.2) is 18.2 Å². The van der Waals surface area contributed by atoms with Gasteiger partial charge in [-0.05, 0) is 24.5 Å². The lowest BCUT2D eigenvalue weighted by Gasteiger charge is -2.25. The first kappa shape index (κ1) is 9.49. The van der Waals surface area contributed by atoms with Gasteiger partial charge in [0.1, 0.15) is 0 Å². The summed E-state index contributed by atoms with van der Waals surface area (Å²) in [5.41, 5.74) is 2.61. The molecule has 0 saturated heterocycles. The van der Waals surface area contributed by atoms with Gasteiger partial charge in [-0.15, -0.1) is 0 Å². The maximum absolute atomic E-state index is 6.31. The van der Waals surface area contributed by atoms with Crippen LogP contribution < -0.4 is 10.2 Å². The van der Waals surface area contributed by atoms with Crippen molar-refractivity contribution in [2.24, 2.45) is 0 Å². The smallest absolute Gasteiger partial charge is 0.0643 e. The van der Waals surface area contributed by atoms with E-state index in [2.05, 4.69) is 16.3 Å². The summed E-state index contributed by atoms with van der Waals surface area (Å²) in [6.45, 7) is 3.09. The average Bonchev–Trinajstić information content (AvgIpc) is 3.03. The van der Waals surface area contributed by atoms with E-state index in [-0.39, 0.29) is 0 Å². The molecule has 0 amide bonds. The minimum atomic E-state index is 0.739.